The van der Waals surface area contributed by atoms with Crippen LogP contribution in [0, 0.1) is 10.1 Å². The summed E-state index contributed by atoms with van der Waals surface area (Å²) >= 11 is 0. The average molecular weight is 313 g/mol. The minimum Gasteiger partial charge on any atom is -0.258 e. The zero-order chi connectivity index (χ0) is 14.1. The van der Waals surface area contributed by atoms with Crippen LogP contribution in [0.25, 0.3) is 0 Å². The Hall–Kier alpha value is -1.19. The molecule has 1 aromatic carbocycles. The lowest BCUT2D eigenvalue weighted by Gasteiger charge is -2.01. The third-order valence-corrected chi connectivity index (χ3v) is 3.73. The van der Waals surface area contributed by atoms with Gasteiger partial charge < -0.3 is 0 Å². The zero-order valence-corrected chi connectivity index (χ0v) is 11.8. The first kappa shape index (κ1) is 14.9. The van der Waals surface area contributed by atoms with Crippen molar-refractivity contribution >= 4 is 40.8 Å². The molecule has 0 heterocycles. The van der Waals surface area contributed by atoms with Crippen LogP contribution >= 0.6 is 10.7 Å². The van der Waals surface area contributed by atoms with Crippen LogP contribution in [0.2, 0.25) is 0 Å². The minimum atomic E-state index is -4.06. The van der Waals surface area contributed by atoms with Crippen molar-refractivity contribution in [2.45, 2.75) is 4.90 Å². The molecular formula is C8H9ClN2O5S2. The van der Waals surface area contributed by atoms with Gasteiger partial charge in [0.05, 0.1) is 9.82 Å². The van der Waals surface area contributed by atoms with E-state index in [2.05, 4.69) is 4.36 Å². The molecule has 0 bridgehead atoms. The highest BCUT2D eigenvalue weighted by Gasteiger charge is 2.20. The molecule has 0 N–H and O–H groups in total. The highest BCUT2D eigenvalue weighted by Crippen LogP contribution is 2.31. The van der Waals surface area contributed by atoms with Crippen molar-refractivity contribution < 1.29 is 17.6 Å². The maximum absolute atomic E-state index is 11.5. The van der Waals surface area contributed by atoms with Gasteiger partial charge in [0.2, 0.25) is 0 Å². The molecule has 18 heavy (non-hydrogen) atoms. The smallest absolute Gasteiger partial charge is 0.258 e. The third kappa shape index (κ3) is 3.93. The Bertz CT molecular complexity index is 711. The molecule has 0 amide bonds. The molecule has 0 aromatic heterocycles. The zero-order valence-electron chi connectivity index (χ0n) is 9.36. The van der Waals surface area contributed by atoms with Gasteiger partial charge in [-0.2, -0.15) is 4.36 Å². The normalized spacial score (nSPS) is 12.2. The molecule has 0 saturated heterocycles. The van der Waals surface area contributed by atoms with Crippen LogP contribution in [-0.2, 0) is 18.8 Å². The molecule has 0 aliphatic rings. The van der Waals surface area contributed by atoms with E-state index in [4.69, 9.17) is 10.7 Å². The highest BCUT2D eigenvalue weighted by molar-refractivity contribution is 8.13. The second-order valence-corrected chi connectivity index (χ2v) is 8.73. The predicted octanol–water partition coefficient (Wildman–Crippen LogP) is 1.88. The van der Waals surface area contributed by atoms with Crippen LogP contribution in [0.4, 0.5) is 11.4 Å². The largest absolute Gasteiger partial charge is 0.296 e. The van der Waals surface area contributed by atoms with E-state index in [9.17, 15) is 22.7 Å². The highest BCUT2D eigenvalue weighted by atomic mass is 35.7. The molecule has 0 fully saturated rings. The third-order valence-electron chi connectivity index (χ3n) is 1.74. The number of nitrogens with zero attached hydrogens (tertiary/aromatic N) is 2. The van der Waals surface area contributed by atoms with Gasteiger partial charge in [-0.3, -0.25) is 10.1 Å². The van der Waals surface area contributed by atoms with Crippen LogP contribution < -0.4 is 0 Å². The quantitative estimate of drug-likeness (QED) is 0.481. The van der Waals surface area contributed by atoms with Crippen molar-refractivity contribution in [1.29, 1.82) is 0 Å². The standard InChI is InChI=1S/C8H9ClN2O5S2/c1-17(2,14)10-7-4-3-6(18(9,15)16)5-8(7)11(12)13/h3-5H,1-2H3. The Morgan fingerprint density at radius 2 is 1.83 bits per heavy atom. The summed E-state index contributed by atoms with van der Waals surface area (Å²) in [7, 11) is -1.57. The molecule has 100 valence electrons. The van der Waals surface area contributed by atoms with E-state index >= 15 is 0 Å². The fourth-order valence-electron chi connectivity index (χ4n) is 1.12. The number of halogens is 1. The van der Waals surface area contributed by atoms with E-state index < -0.39 is 34.3 Å². The van der Waals surface area contributed by atoms with Crippen molar-refractivity contribution in [3.8, 4) is 0 Å². The lowest BCUT2D eigenvalue weighted by Crippen LogP contribution is -1.96. The number of nitro benzene ring substituents is 1. The van der Waals surface area contributed by atoms with Gasteiger partial charge in [0.1, 0.15) is 0 Å². The summed E-state index contributed by atoms with van der Waals surface area (Å²) in [5.74, 6) is 0. The minimum absolute atomic E-state index is 0.154. The fraction of sp³-hybridized carbons (Fsp3) is 0.250. The summed E-state index contributed by atoms with van der Waals surface area (Å²) in [6.45, 7) is 0. The predicted molar refractivity (Wildman–Crippen MR) is 68.2 cm³/mol. The van der Waals surface area contributed by atoms with E-state index in [1.54, 1.807) is 0 Å². The summed E-state index contributed by atoms with van der Waals surface area (Å²) in [5, 5.41) is 10.8. The molecule has 10 heteroatoms. The summed E-state index contributed by atoms with van der Waals surface area (Å²) in [6.07, 6.45) is 2.62. The van der Waals surface area contributed by atoms with E-state index in [1.165, 1.54) is 12.5 Å². The van der Waals surface area contributed by atoms with Crippen LogP contribution in [0.1, 0.15) is 0 Å². The van der Waals surface area contributed by atoms with Crippen molar-refractivity contribution in [2.75, 3.05) is 12.5 Å². The van der Waals surface area contributed by atoms with Gasteiger partial charge in [-0.1, -0.05) is 0 Å². The van der Waals surface area contributed by atoms with Gasteiger partial charge in [-0.15, -0.1) is 0 Å². The van der Waals surface area contributed by atoms with E-state index in [0.717, 1.165) is 18.2 Å². The molecular weight excluding hydrogens is 304 g/mol. The molecule has 0 spiro atoms. The average Bonchev–Trinajstić information content (AvgIpc) is 2.13. The summed E-state index contributed by atoms with van der Waals surface area (Å²) in [4.78, 5) is 9.58. The van der Waals surface area contributed by atoms with Crippen LogP contribution in [-0.4, -0.2) is 30.1 Å². The Morgan fingerprint density at radius 3 is 2.22 bits per heavy atom. The molecule has 7 nitrogen and oxygen atoms in total. The molecule has 0 radical (unpaired) electrons. The number of benzene rings is 1. The Morgan fingerprint density at radius 1 is 1.28 bits per heavy atom. The number of hydrogen-bond donors (Lipinski definition) is 0. The van der Waals surface area contributed by atoms with E-state index in [-0.39, 0.29) is 5.69 Å². The molecule has 0 aliphatic carbocycles. The number of rotatable bonds is 3. The van der Waals surface area contributed by atoms with Crippen LogP contribution in [0.5, 0.6) is 0 Å². The summed E-state index contributed by atoms with van der Waals surface area (Å²) in [5.41, 5.74) is -0.716. The summed E-state index contributed by atoms with van der Waals surface area (Å²) < 4.78 is 37.3. The molecule has 0 unspecified atom stereocenters. The Kier molecular flexibility index (Phi) is 3.99. The van der Waals surface area contributed by atoms with E-state index in [1.807, 2.05) is 0 Å². The van der Waals surface area contributed by atoms with E-state index in [0.29, 0.717) is 0 Å². The topological polar surface area (TPSA) is 107 Å². The van der Waals surface area contributed by atoms with Gasteiger partial charge in [-0.05, 0) is 12.1 Å². The van der Waals surface area contributed by atoms with Crippen molar-refractivity contribution in [3.05, 3.63) is 28.3 Å². The maximum atomic E-state index is 11.5. The van der Waals surface area contributed by atoms with Crippen LogP contribution in [0.15, 0.2) is 27.5 Å². The maximum Gasteiger partial charge on any atom is 0.296 e. The van der Waals surface area contributed by atoms with Crippen molar-refractivity contribution in [2.24, 2.45) is 4.36 Å². The molecule has 0 saturated carbocycles. The number of hydrogen-bond acceptors (Lipinski definition) is 6. The molecule has 1 aromatic rings. The number of nitro groups is 1. The lowest BCUT2D eigenvalue weighted by atomic mass is 10.3. The van der Waals surface area contributed by atoms with Crippen molar-refractivity contribution in [1.82, 2.24) is 0 Å². The van der Waals surface area contributed by atoms with Gasteiger partial charge in [0.15, 0.2) is 5.69 Å². The fourth-order valence-corrected chi connectivity index (χ4v) is 2.51. The Labute approximate surface area is 109 Å². The lowest BCUT2D eigenvalue weighted by molar-refractivity contribution is -0.384. The molecule has 1 rings (SSSR count). The van der Waals surface area contributed by atoms with Gasteiger partial charge in [-0.25, -0.2) is 12.6 Å². The van der Waals surface area contributed by atoms with Crippen molar-refractivity contribution in [3.63, 3.8) is 0 Å². The van der Waals surface area contributed by atoms with Gasteiger partial charge in [0.25, 0.3) is 14.7 Å². The SMILES string of the molecule is CS(C)(=O)=Nc1ccc(S(=O)(=O)Cl)cc1[N+](=O)[O-]. The second kappa shape index (κ2) is 4.82. The summed E-state index contributed by atoms with van der Waals surface area (Å²) in [6, 6.07) is 2.95. The monoisotopic (exact) mass is 312 g/mol. The van der Waals surface area contributed by atoms with Gasteiger partial charge in [0, 0.05) is 39.0 Å². The van der Waals surface area contributed by atoms with Crippen LogP contribution in [0.3, 0.4) is 0 Å². The first-order chi connectivity index (χ1) is 8.00. The van der Waals surface area contributed by atoms with Gasteiger partial charge >= 0.3 is 0 Å². The molecule has 0 aliphatic heterocycles. The molecule has 0 atom stereocenters. The first-order valence-electron chi connectivity index (χ1n) is 4.41. The first-order valence-corrected chi connectivity index (χ1v) is 9.05. The Balaban J connectivity index is 3.60. The second-order valence-electron chi connectivity index (χ2n) is 3.62.